The molecule has 0 heterocycles. The maximum Gasteiger partial charge on any atom is 1.00 e. The minimum absolute atomic E-state index is 0. The van der Waals surface area contributed by atoms with Crippen LogP contribution in [-0.4, -0.2) is 58.6 Å². The van der Waals surface area contributed by atoms with Gasteiger partial charge < -0.3 is 25.4 Å². The number of carboxylic acid groups (broad SMARTS) is 1. The molecule has 5 aliphatic rings. The van der Waals surface area contributed by atoms with Crippen molar-refractivity contribution in [1.29, 1.82) is 0 Å². The van der Waals surface area contributed by atoms with Crippen molar-refractivity contribution in [3.8, 4) is 11.1 Å². The molecular formula is C39H52LiN3O3S2. The van der Waals surface area contributed by atoms with E-state index >= 15 is 0 Å². The van der Waals surface area contributed by atoms with E-state index in [0.717, 1.165) is 64.6 Å². The van der Waals surface area contributed by atoms with Gasteiger partial charge in [-0.15, -0.1) is 0 Å². The number of amides is 1. The van der Waals surface area contributed by atoms with Gasteiger partial charge in [0, 0.05) is 24.2 Å². The molecule has 48 heavy (non-hydrogen) atoms. The Labute approximate surface area is 309 Å². The van der Waals surface area contributed by atoms with Gasteiger partial charge in [-0.05, 0) is 147 Å². The van der Waals surface area contributed by atoms with Crippen LogP contribution >= 0.6 is 24.0 Å². The molecule has 1 atom stereocenters. The smallest absolute Gasteiger partial charge is 0.548 e. The van der Waals surface area contributed by atoms with Crippen LogP contribution < -0.4 is 34.6 Å². The van der Waals surface area contributed by atoms with Gasteiger partial charge in [0.2, 0.25) is 0 Å². The molecule has 9 heteroatoms. The molecule has 0 saturated heterocycles. The first-order chi connectivity index (χ1) is 22.7. The zero-order chi connectivity index (χ0) is 33.0. The number of carbonyl (C=O) groups excluding carboxylic acids is 2. The third kappa shape index (κ3) is 9.02. The molecule has 5 aliphatic carbocycles. The second-order valence-corrected chi connectivity index (χ2v) is 16.5. The average Bonchev–Trinajstić information content (AvgIpc) is 3.04. The third-order valence-corrected chi connectivity index (χ3v) is 12.5. The van der Waals surface area contributed by atoms with E-state index in [2.05, 4.69) is 21.6 Å². The molecule has 0 spiro atoms. The van der Waals surface area contributed by atoms with Crippen LogP contribution in [0.5, 0.6) is 0 Å². The Bertz CT molecular complexity index is 1410. The van der Waals surface area contributed by atoms with Crippen LogP contribution in [0.2, 0.25) is 0 Å². The van der Waals surface area contributed by atoms with Crippen molar-refractivity contribution >= 4 is 41.0 Å². The molecule has 4 bridgehead atoms. The van der Waals surface area contributed by atoms with E-state index in [9.17, 15) is 14.7 Å². The van der Waals surface area contributed by atoms with Crippen molar-refractivity contribution in [3.63, 3.8) is 0 Å². The molecule has 2 aromatic rings. The van der Waals surface area contributed by atoms with Crippen LogP contribution in [0.3, 0.4) is 0 Å². The van der Waals surface area contributed by atoms with Gasteiger partial charge in [-0.1, -0.05) is 55.7 Å². The summed E-state index contributed by atoms with van der Waals surface area (Å²) in [7, 11) is 0. The Morgan fingerprint density at radius 2 is 1.67 bits per heavy atom. The summed E-state index contributed by atoms with van der Waals surface area (Å²) < 4.78 is 0. The fraction of sp³-hybridized carbons (Fsp3) is 0.615. The van der Waals surface area contributed by atoms with E-state index in [1.54, 1.807) is 11.8 Å². The summed E-state index contributed by atoms with van der Waals surface area (Å²) in [6, 6.07) is 13.1. The molecule has 2 aromatic carbocycles. The number of thiocarbonyl (C=S) groups is 1. The van der Waals surface area contributed by atoms with E-state index in [1.165, 1.54) is 70.6 Å². The summed E-state index contributed by atoms with van der Waals surface area (Å²) in [4.78, 5) is 27.9. The molecule has 6 nitrogen and oxygen atoms in total. The molecular weight excluding hydrogens is 630 g/mol. The SMILES string of the molecule is CSCCC(NC(=O)c1ccc(CCN(CC2CCCCC2)C(=S)NC23CC4CC(CC(C4)C2)C3)cc1-c1ccccc1C)C(=O)[O-].[Li+]. The van der Waals surface area contributed by atoms with Crippen LogP contribution in [0.15, 0.2) is 42.5 Å². The number of benzene rings is 2. The number of carboxylic acids is 1. The summed E-state index contributed by atoms with van der Waals surface area (Å²) in [5.41, 5.74) is 4.68. The Kier molecular flexibility index (Phi) is 13.1. The molecule has 1 amide bonds. The number of nitrogens with one attached hydrogen (secondary N) is 2. The van der Waals surface area contributed by atoms with Crippen LogP contribution in [0.1, 0.15) is 98.5 Å². The minimum Gasteiger partial charge on any atom is -0.548 e. The number of aliphatic carboxylic acids is 1. The Morgan fingerprint density at radius 3 is 2.29 bits per heavy atom. The summed E-state index contributed by atoms with van der Waals surface area (Å²) >= 11 is 7.82. The van der Waals surface area contributed by atoms with E-state index in [-0.39, 0.29) is 30.3 Å². The molecule has 0 aliphatic heterocycles. The number of carbonyl (C=O) groups is 2. The predicted octanol–water partition coefficient (Wildman–Crippen LogP) is 3.54. The molecule has 1 unspecified atom stereocenters. The molecule has 5 fully saturated rings. The third-order valence-electron chi connectivity index (χ3n) is 11.5. The van der Waals surface area contributed by atoms with Crippen molar-refractivity contribution in [2.24, 2.45) is 23.7 Å². The van der Waals surface area contributed by atoms with Crippen molar-refractivity contribution in [2.45, 2.75) is 102 Å². The quantitative estimate of drug-likeness (QED) is 0.247. The summed E-state index contributed by atoms with van der Waals surface area (Å²) in [5, 5.41) is 19.5. The van der Waals surface area contributed by atoms with Crippen LogP contribution in [0.25, 0.3) is 11.1 Å². The number of rotatable bonds is 13. The molecule has 0 radical (unpaired) electrons. The monoisotopic (exact) mass is 681 g/mol. The first-order valence-corrected chi connectivity index (χ1v) is 19.8. The first-order valence-electron chi connectivity index (χ1n) is 18.0. The standard InChI is InChI=1S/C39H53N3O3S2.Li/c1-26-8-6-7-11-32(26)34-21-27(12-13-33(34)36(43)40-35(37(44)45)15-17-47-2)14-16-42(25-28-9-4-3-5-10-28)38(46)41-39-22-29-18-30(23-39)20-31(19-29)24-39;/h6-8,11-13,21,28-31,35H,3-5,9-10,14-20,22-25H2,1-2H3,(H,40,43)(H,41,46)(H,44,45);/q;+1/p-1. The van der Waals surface area contributed by atoms with Crippen LogP contribution in [0.4, 0.5) is 0 Å². The Hall–Kier alpha value is -1.98. The van der Waals surface area contributed by atoms with Gasteiger partial charge in [0.1, 0.15) is 0 Å². The van der Waals surface area contributed by atoms with Gasteiger partial charge in [0.05, 0.1) is 12.0 Å². The second kappa shape index (κ2) is 16.8. The van der Waals surface area contributed by atoms with E-state index < -0.39 is 12.0 Å². The zero-order valence-electron chi connectivity index (χ0n) is 29.2. The molecule has 5 saturated carbocycles. The number of aryl methyl sites for hydroxylation is 1. The topological polar surface area (TPSA) is 84.5 Å². The molecule has 254 valence electrons. The Balaban J connectivity index is 0.00000451. The average molecular weight is 682 g/mol. The Morgan fingerprint density at radius 1 is 1.00 bits per heavy atom. The largest absolute Gasteiger partial charge is 1.00 e. The van der Waals surface area contributed by atoms with Crippen molar-refractivity contribution in [1.82, 2.24) is 15.5 Å². The van der Waals surface area contributed by atoms with Gasteiger partial charge in [0.15, 0.2) is 5.11 Å². The maximum absolute atomic E-state index is 13.6. The van der Waals surface area contributed by atoms with Crippen LogP contribution in [-0.2, 0) is 11.2 Å². The van der Waals surface area contributed by atoms with E-state index in [1.807, 2.05) is 49.6 Å². The zero-order valence-corrected chi connectivity index (χ0v) is 30.9. The van der Waals surface area contributed by atoms with Gasteiger partial charge in [-0.3, -0.25) is 4.79 Å². The number of hydrogen-bond donors (Lipinski definition) is 2. The number of nitrogens with zero attached hydrogens (tertiary/aromatic N) is 1. The summed E-state index contributed by atoms with van der Waals surface area (Å²) in [6.45, 7) is 3.88. The molecule has 7 rings (SSSR count). The predicted molar refractivity (Wildman–Crippen MR) is 194 cm³/mol. The normalized spacial score (nSPS) is 25.2. The maximum atomic E-state index is 13.6. The van der Waals surface area contributed by atoms with Crippen molar-refractivity contribution in [2.75, 3.05) is 25.1 Å². The summed E-state index contributed by atoms with van der Waals surface area (Å²) in [5.74, 6) is 2.27. The van der Waals surface area contributed by atoms with Gasteiger partial charge in [-0.25, -0.2) is 0 Å². The number of thioether (sulfide) groups is 1. The van der Waals surface area contributed by atoms with Gasteiger partial charge in [-0.2, -0.15) is 11.8 Å². The summed E-state index contributed by atoms with van der Waals surface area (Å²) in [6.07, 6.45) is 17.7. The van der Waals surface area contributed by atoms with Crippen molar-refractivity contribution < 1.29 is 33.6 Å². The molecule has 2 N–H and O–H groups in total. The fourth-order valence-corrected chi connectivity index (χ4v) is 10.4. The number of hydrogen-bond acceptors (Lipinski definition) is 5. The van der Waals surface area contributed by atoms with E-state index in [0.29, 0.717) is 23.7 Å². The van der Waals surface area contributed by atoms with Crippen molar-refractivity contribution in [3.05, 3.63) is 59.2 Å². The fourth-order valence-electron chi connectivity index (χ4n) is 9.55. The van der Waals surface area contributed by atoms with Crippen LogP contribution in [0, 0.1) is 30.6 Å². The second-order valence-electron chi connectivity index (χ2n) is 15.1. The first kappa shape index (κ1) is 37.3. The van der Waals surface area contributed by atoms with Gasteiger partial charge >= 0.3 is 18.9 Å². The van der Waals surface area contributed by atoms with Gasteiger partial charge in [0.25, 0.3) is 5.91 Å². The van der Waals surface area contributed by atoms with E-state index in [4.69, 9.17) is 12.2 Å². The minimum atomic E-state index is -1.25. The molecule has 0 aromatic heterocycles.